The second-order valence-electron chi connectivity index (χ2n) is 5.15. The number of benzene rings is 1. The molecule has 3 nitrogen and oxygen atoms in total. The molecule has 1 heterocycles. The van der Waals surface area contributed by atoms with Gasteiger partial charge in [-0.3, -0.25) is 4.98 Å². The fourth-order valence-electron chi connectivity index (χ4n) is 2.03. The van der Waals surface area contributed by atoms with Crippen LogP contribution in [0.2, 0.25) is 5.02 Å². The summed E-state index contributed by atoms with van der Waals surface area (Å²) < 4.78 is 5.99. The minimum Gasteiger partial charge on any atom is -0.455 e. The fourth-order valence-corrected chi connectivity index (χ4v) is 2.26. The van der Waals surface area contributed by atoms with Crippen LogP contribution in [0.1, 0.15) is 24.0 Å². The maximum atomic E-state index is 5.99. The molecule has 1 saturated carbocycles. The predicted octanol–water partition coefficient (Wildman–Crippen LogP) is 4.09. The third kappa shape index (κ3) is 3.30. The highest BCUT2D eigenvalue weighted by molar-refractivity contribution is 6.30. The maximum absolute atomic E-state index is 5.99. The molecular weight excluding hydrogens is 272 g/mol. The maximum Gasteiger partial charge on any atom is 0.150 e. The molecular formula is C16H17ClN2O. The van der Waals surface area contributed by atoms with E-state index in [1.807, 2.05) is 31.2 Å². The van der Waals surface area contributed by atoms with Gasteiger partial charge in [-0.1, -0.05) is 11.6 Å². The highest BCUT2D eigenvalue weighted by atomic mass is 35.5. The first-order valence-corrected chi connectivity index (χ1v) is 7.20. The van der Waals surface area contributed by atoms with Crippen LogP contribution in [0.25, 0.3) is 0 Å². The van der Waals surface area contributed by atoms with Gasteiger partial charge in [-0.25, -0.2) is 0 Å². The Balaban J connectivity index is 1.78. The number of aryl methyl sites for hydroxylation is 1. The Labute approximate surface area is 123 Å². The molecule has 2 aromatic rings. The monoisotopic (exact) mass is 288 g/mol. The van der Waals surface area contributed by atoms with Crippen molar-refractivity contribution in [3.63, 3.8) is 0 Å². The van der Waals surface area contributed by atoms with Gasteiger partial charge in [0.2, 0.25) is 0 Å². The van der Waals surface area contributed by atoms with Gasteiger partial charge in [0.15, 0.2) is 0 Å². The van der Waals surface area contributed by atoms with Crippen molar-refractivity contribution in [2.24, 2.45) is 0 Å². The number of ether oxygens (including phenoxy) is 1. The molecule has 1 aliphatic carbocycles. The minimum atomic E-state index is 0.674. The van der Waals surface area contributed by atoms with Crippen LogP contribution in [0.15, 0.2) is 36.7 Å². The summed E-state index contributed by atoms with van der Waals surface area (Å²) in [6.45, 7) is 2.80. The van der Waals surface area contributed by atoms with Crippen LogP contribution in [0.3, 0.4) is 0 Å². The zero-order valence-corrected chi connectivity index (χ0v) is 12.2. The van der Waals surface area contributed by atoms with E-state index in [-0.39, 0.29) is 0 Å². The lowest BCUT2D eigenvalue weighted by molar-refractivity contribution is 0.466. The Bertz CT molecular complexity index is 611. The van der Waals surface area contributed by atoms with Gasteiger partial charge >= 0.3 is 0 Å². The lowest BCUT2D eigenvalue weighted by Gasteiger charge is -2.13. The summed E-state index contributed by atoms with van der Waals surface area (Å²) in [5.74, 6) is 1.61. The molecule has 20 heavy (non-hydrogen) atoms. The standard InChI is InChI=1S/C16H17ClN2O/c1-11-8-13(17)2-5-15(11)20-16-10-18-7-6-12(16)9-19-14-3-4-14/h2,5-8,10,14,19H,3-4,9H2,1H3. The van der Waals surface area contributed by atoms with Gasteiger partial charge in [0.05, 0.1) is 6.20 Å². The summed E-state index contributed by atoms with van der Waals surface area (Å²) in [4.78, 5) is 4.15. The molecule has 104 valence electrons. The van der Waals surface area contributed by atoms with Gasteiger partial charge in [-0.2, -0.15) is 0 Å². The summed E-state index contributed by atoms with van der Waals surface area (Å²) >= 11 is 5.96. The van der Waals surface area contributed by atoms with Crippen LogP contribution < -0.4 is 10.1 Å². The lowest BCUT2D eigenvalue weighted by Crippen LogP contribution is -2.15. The van der Waals surface area contributed by atoms with E-state index in [9.17, 15) is 0 Å². The zero-order chi connectivity index (χ0) is 13.9. The number of hydrogen-bond acceptors (Lipinski definition) is 3. The molecule has 0 radical (unpaired) electrons. The van der Waals surface area contributed by atoms with E-state index in [0.717, 1.165) is 34.2 Å². The van der Waals surface area contributed by atoms with Crippen LogP contribution in [-0.2, 0) is 6.54 Å². The molecule has 3 rings (SSSR count). The Morgan fingerprint density at radius 1 is 1.30 bits per heavy atom. The van der Waals surface area contributed by atoms with E-state index in [1.54, 1.807) is 12.4 Å². The van der Waals surface area contributed by atoms with E-state index in [2.05, 4.69) is 10.3 Å². The van der Waals surface area contributed by atoms with Crippen molar-refractivity contribution in [2.45, 2.75) is 32.4 Å². The summed E-state index contributed by atoms with van der Waals surface area (Å²) in [6, 6.07) is 8.30. The van der Waals surface area contributed by atoms with Crippen molar-refractivity contribution in [2.75, 3.05) is 0 Å². The first-order chi connectivity index (χ1) is 9.72. The molecule has 1 aromatic carbocycles. The van der Waals surface area contributed by atoms with Gasteiger partial charge in [0.1, 0.15) is 11.5 Å². The minimum absolute atomic E-state index is 0.674. The average Bonchev–Trinajstić information content (AvgIpc) is 3.25. The van der Waals surface area contributed by atoms with Gasteiger partial charge in [-0.15, -0.1) is 0 Å². The van der Waals surface area contributed by atoms with E-state index >= 15 is 0 Å². The second-order valence-corrected chi connectivity index (χ2v) is 5.59. The molecule has 0 bridgehead atoms. The van der Waals surface area contributed by atoms with Crippen molar-refractivity contribution in [1.82, 2.24) is 10.3 Å². The van der Waals surface area contributed by atoms with Crippen LogP contribution in [0.5, 0.6) is 11.5 Å². The quantitative estimate of drug-likeness (QED) is 0.900. The molecule has 4 heteroatoms. The fraction of sp³-hybridized carbons (Fsp3) is 0.312. The van der Waals surface area contributed by atoms with Gasteiger partial charge < -0.3 is 10.1 Å². The summed E-state index contributed by atoms with van der Waals surface area (Å²) in [7, 11) is 0. The zero-order valence-electron chi connectivity index (χ0n) is 11.4. The molecule has 1 aliphatic rings. The van der Waals surface area contributed by atoms with E-state index in [1.165, 1.54) is 12.8 Å². The Kier molecular flexibility index (Phi) is 3.90. The third-order valence-electron chi connectivity index (χ3n) is 3.39. The third-order valence-corrected chi connectivity index (χ3v) is 3.62. The van der Waals surface area contributed by atoms with Crippen molar-refractivity contribution in [3.8, 4) is 11.5 Å². The second kappa shape index (κ2) is 5.81. The molecule has 0 amide bonds. The number of halogens is 1. The topological polar surface area (TPSA) is 34.1 Å². The van der Waals surface area contributed by atoms with Gasteiger partial charge in [0, 0.05) is 29.4 Å². The van der Waals surface area contributed by atoms with Crippen LogP contribution in [0.4, 0.5) is 0 Å². The SMILES string of the molecule is Cc1cc(Cl)ccc1Oc1cnccc1CNC1CC1. The number of nitrogens with zero attached hydrogens (tertiary/aromatic N) is 1. The Morgan fingerprint density at radius 3 is 2.90 bits per heavy atom. The van der Waals surface area contributed by atoms with Gasteiger partial charge in [0.25, 0.3) is 0 Å². The molecule has 1 fully saturated rings. The van der Waals surface area contributed by atoms with E-state index in [4.69, 9.17) is 16.3 Å². The van der Waals surface area contributed by atoms with Gasteiger partial charge in [-0.05, 0) is 49.6 Å². The number of rotatable bonds is 5. The molecule has 0 unspecified atom stereocenters. The highest BCUT2D eigenvalue weighted by Gasteiger charge is 2.20. The molecule has 0 spiro atoms. The van der Waals surface area contributed by atoms with Crippen molar-refractivity contribution in [3.05, 3.63) is 52.8 Å². The molecule has 1 aromatic heterocycles. The normalized spacial score (nSPS) is 14.3. The van der Waals surface area contributed by atoms with Crippen molar-refractivity contribution in [1.29, 1.82) is 0 Å². The lowest BCUT2D eigenvalue weighted by atomic mass is 10.2. The van der Waals surface area contributed by atoms with Crippen LogP contribution in [0, 0.1) is 6.92 Å². The average molecular weight is 289 g/mol. The van der Waals surface area contributed by atoms with E-state index < -0.39 is 0 Å². The Morgan fingerprint density at radius 2 is 2.15 bits per heavy atom. The number of nitrogens with one attached hydrogen (secondary N) is 1. The largest absolute Gasteiger partial charge is 0.455 e. The predicted molar refractivity (Wildman–Crippen MR) is 80.4 cm³/mol. The molecule has 0 aliphatic heterocycles. The van der Waals surface area contributed by atoms with Crippen molar-refractivity contribution >= 4 is 11.6 Å². The van der Waals surface area contributed by atoms with E-state index in [0.29, 0.717) is 6.04 Å². The first kappa shape index (κ1) is 13.4. The summed E-state index contributed by atoms with van der Waals surface area (Å²) in [5, 5.41) is 4.21. The number of hydrogen-bond donors (Lipinski definition) is 1. The summed E-state index contributed by atoms with van der Waals surface area (Å²) in [6.07, 6.45) is 6.11. The smallest absolute Gasteiger partial charge is 0.150 e. The molecule has 0 saturated heterocycles. The van der Waals surface area contributed by atoms with Crippen molar-refractivity contribution < 1.29 is 4.74 Å². The van der Waals surface area contributed by atoms with Crippen LogP contribution in [-0.4, -0.2) is 11.0 Å². The number of aromatic nitrogens is 1. The number of pyridine rings is 1. The first-order valence-electron chi connectivity index (χ1n) is 6.82. The molecule has 0 atom stereocenters. The van der Waals surface area contributed by atoms with Crippen LogP contribution >= 0.6 is 11.6 Å². The molecule has 1 N–H and O–H groups in total. The summed E-state index contributed by atoms with van der Waals surface area (Å²) in [5.41, 5.74) is 2.14. The highest BCUT2D eigenvalue weighted by Crippen LogP contribution is 2.29. The Hall–Kier alpha value is -1.58.